The van der Waals surface area contributed by atoms with Gasteiger partial charge in [0.25, 0.3) is 0 Å². The van der Waals surface area contributed by atoms with Gasteiger partial charge < -0.3 is 10.4 Å². The fraction of sp³-hybridized carbons (Fsp3) is 0.714. The van der Waals surface area contributed by atoms with Crippen LogP contribution in [0.4, 0.5) is 0 Å². The van der Waals surface area contributed by atoms with E-state index in [2.05, 4.69) is 19.2 Å². The summed E-state index contributed by atoms with van der Waals surface area (Å²) in [4.78, 5) is 1.13. The van der Waals surface area contributed by atoms with Crippen LogP contribution in [-0.4, -0.2) is 16.6 Å². The lowest BCUT2D eigenvalue weighted by Gasteiger charge is -2.18. The third-order valence-electron chi connectivity index (χ3n) is 1.43. The van der Waals surface area contributed by atoms with Crippen LogP contribution in [0.3, 0.4) is 0 Å². The summed E-state index contributed by atoms with van der Waals surface area (Å²) in [5, 5.41) is 12.1. The van der Waals surface area contributed by atoms with E-state index in [9.17, 15) is 0 Å². The summed E-state index contributed by atoms with van der Waals surface area (Å²) >= 11 is 1.69. The van der Waals surface area contributed by atoms with Gasteiger partial charge in [-0.15, -0.1) is 0 Å². The first-order valence-corrected chi connectivity index (χ1v) is 4.14. The highest BCUT2D eigenvalue weighted by atomic mass is 32.2. The molecule has 0 saturated carbocycles. The van der Waals surface area contributed by atoms with E-state index in [-0.39, 0.29) is 11.5 Å². The molecule has 58 valence electrons. The van der Waals surface area contributed by atoms with Crippen molar-refractivity contribution in [1.29, 1.82) is 0 Å². The molecule has 0 unspecified atom stereocenters. The number of thioether (sulfide) groups is 1. The zero-order valence-electron chi connectivity index (χ0n) is 6.56. The molecule has 0 atom stereocenters. The Morgan fingerprint density at radius 3 is 2.40 bits per heavy atom. The van der Waals surface area contributed by atoms with Gasteiger partial charge in [-0.2, -0.15) is 0 Å². The van der Waals surface area contributed by atoms with Gasteiger partial charge in [0, 0.05) is 10.6 Å². The Balaban J connectivity index is 2.68. The van der Waals surface area contributed by atoms with Crippen LogP contribution in [0.5, 0.6) is 0 Å². The number of rotatable bonds is 1. The Hall–Kier alpha value is -0.150. The van der Waals surface area contributed by atoms with E-state index in [1.165, 1.54) is 0 Å². The van der Waals surface area contributed by atoms with Gasteiger partial charge in [0.05, 0.1) is 11.5 Å². The van der Waals surface area contributed by atoms with Gasteiger partial charge in [0.15, 0.2) is 0 Å². The summed E-state index contributed by atoms with van der Waals surface area (Å²) in [5.41, 5.74) is 1.11. The highest BCUT2D eigenvalue weighted by Gasteiger charge is 2.27. The molecule has 0 aromatic carbocycles. The molecule has 0 amide bonds. The Kier molecular flexibility index (Phi) is 1.97. The Morgan fingerprint density at radius 1 is 1.60 bits per heavy atom. The third-order valence-corrected chi connectivity index (χ3v) is 2.72. The van der Waals surface area contributed by atoms with Gasteiger partial charge in [0.1, 0.15) is 0 Å². The van der Waals surface area contributed by atoms with E-state index in [1.54, 1.807) is 11.8 Å². The van der Waals surface area contributed by atoms with E-state index < -0.39 is 0 Å². The van der Waals surface area contributed by atoms with Gasteiger partial charge in [-0.1, -0.05) is 11.8 Å². The van der Waals surface area contributed by atoms with Crippen molar-refractivity contribution in [3.05, 3.63) is 10.6 Å². The van der Waals surface area contributed by atoms with Crippen LogP contribution in [-0.2, 0) is 0 Å². The minimum absolute atomic E-state index is 0.0716. The van der Waals surface area contributed by atoms with Crippen molar-refractivity contribution < 1.29 is 5.11 Å². The van der Waals surface area contributed by atoms with Gasteiger partial charge in [-0.3, -0.25) is 0 Å². The van der Waals surface area contributed by atoms with Gasteiger partial charge >= 0.3 is 0 Å². The Morgan fingerprint density at radius 2 is 2.20 bits per heavy atom. The van der Waals surface area contributed by atoms with Crippen LogP contribution in [0.1, 0.15) is 20.8 Å². The second-order valence-corrected chi connectivity index (χ2v) is 4.66. The first-order valence-electron chi connectivity index (χ1n) is 3.33. The van der Waals surface area contributed by atoms with Crippen LogP contribution in [0, 0.1) is 0 Å². The molecule has 0 fully saturated rings. The van der Waals surface area contributed by atoms with Crippen LogP contribution in [0.15, 0.2) is 10.6 Å². The molecule has 3 heteroatoms. The number of aliphatic hydroxyl groups excluding tert-OH is 1. The van der Waals surface area contributed by atoms with Gasteiger partial charge in [0.2, 0.25) is 0 Å². The van der Waals surface area contributed by atoms with Crippen molar-refractivity contribution in [2.24, 2.45) is 0 Å². The minimum Gasteiger partial charge on any atom is -0.391 e. The molecule has 1 heterocycles. The molecule has 0 aromatic rings. The molecular formula is C7H13NOS. The molecule has 2 nitrogen and oxygen atoms in total. The molecule has 2 N–H and O–H groups in total. The number of hydrogen-bond donors (Lipinski definition) is 2. The lowest BCUT2D eigenvalue weighted by Crippen LogP contribution is -2.29. The van der Waals surface area contributed by atoms with Crippen molar-refractivity contribution in [2.75, 3.05) is 6.61 Å². The summed E-state index contributed by atoms with van der Waals surface area (Å²) in [6, 6.07) is 0. The molecule has 0 aromatic heterocycles. The maximum Gasteiger partial charge on any atom is 0.0818 e. The zero-order valence-corrected chi connectivity index (χ0v) is 7.38. The average molecular weight is 159 g/mol. The topological polar surface area (TPSA) is 32.3 Å². The molecule has 1 rings (SSSR count). The molecule has 1 aliphatic rings. The van der Waals surface area contributed by atoms with Crippen LogP contribution < -0.4 is 5.32 Å². The van der Waals surface area contributed by atoms with Crippen molar-refractivity contribution in [2.45, 2.75) is 25.6 Å². The van der Waals surface area contributed by atoms with Crippen molar-refractivity contribution in [3.63, 3.8) is 0 Å². The monoisotopic (exact) mass is 159 g/mol. The summed E-state index contributed by atoms with van der Waals surface area (Å²) in [6.45, 7) is 6.36. The van der Waals surface area contributed by atoms with Gasteiger partial charge in [-0.05, 0) is 20.8 Å². The maximum absolute atomic E-state index is 8.85. The molecule has 0 aliphatic carbocycles. The highest BCUT2D eigenvalue weighted by molar-refractivity contribution is 8.04. The number of nitrogens with one attached hydrogen (secondary N) is 1. The fourth-order valence-corrected chi connectivity index (χ4v) is 2.17. The summed E-state index contributed by atoms with van der Waals surface area (Å²) in [5.74, 6) is 0. The second-order valence-electron chi connectivity index (χ2n) is 2.94. The average Bonchev–Trinajstić information content (AvgIpc) is 2.05. The number of hydrogen-bond acceptors (Lipinski definition) is 3. The lowest BCUT2D eigenvalue weighted by molar-refractivity contribution is 0.338. The number of allylic oxidation sites excluding steroid dienone is 1. The largest absolute Gasteiger partial charge is 0.391 e. The van der Waals surface area contributed by atoms with E-state index in [1.807, 2.05) is 6.92 Å². The maximum atomic E-state index is 8.85. The smallest absolute Gasteiger partial charge is 0.0818 e. The van der Waals surface area contributed by atoms with E-state index in [0.717, 1.165) is 10.6 Å². The fourth-order valence-electron chi connectivity index (χ4n) is 1.08. The number of aliphatic hydroxyl groups is 1. The Bertz CT molecular complexity index is 174. The summed E-state index contributed by atoms with van der Waals surface area (Å²) in [7, 11) is 0. The van der Waals surface area contributed by atoms with Crippen LogP contribution in [0.25, 0.3) is 0 Å². The molecule has 0 saturated heterocycles. The standard InChI is InChI=1S/C7H13NOS/c1-5-6(4-9)10-7(2,3)8-5/h8-9H,4H2,1-3H3. The van der Waals surface area contributed by atoms with Crippen molar-refractivity contribution in [1.82, 2.24) is 5.32 Å². The predicted molar refractivity (Wildman–Crippen MR) is 44.6 cm³/mol. The molecule has 10 heavy (non-hydrogen) atoms. The first-order chi connectivity index (χ1) is 4.55. The highest BCUT2D eigenvalue weighted by Crippen LogP contribution is 2.37. The molecule has 0 spiro atoms. The first kappa shape index (κ1) is 7.95. The molecule has 0 radical (unpaired) electrons. The second kappa shape index (κ2) is 2.47. The Labute approximate surface area is 65.7 Å². The van der Waals surface area contributed by atoms with E-state index >= 15 is 0 Å². The summed E-state index contributed by atoms with van der Waals surface area (Å²) < 4.78 is 0. The SMILES string of the molecule is CC1=C(CO)SC(C)(C)N1. The zero-order chi connectivity index (χ0) is 7.78. The quantitative estimate of drug-likeness (QED) is 0.604. The van der Waals surface area contributed by atoms with Crippen molar-refractivity contribution >= 4 is 11.8 Å². The molecular weight excluding hydrogens is 146 g/mol. The molecule has 0 bridgehead atoms. The van der Waals surface area contributed by atoms with Crippen molar-refractivity contribution in [3.8, 4) is 0 Å². The minimum atomic E-state index is 0.0716. The predicted octanol–water partition coefficient (Wildman–Crippen LogP) is 1.28. The van der Waals surface area contributed by atoms with Crippen LogP contribution >= 0.6 is 11.8 Å². The summed E-state index contributed by atoms with van der Waals surface area (Å²) in [6.07, 6.45) is 0. The molecule has 1 aliphatic heterocycles. The van der Waals surface area contributed by atoms with E-state index in [0.29, 0.717) is 0 Å². The van der Waals surface area contributed by atoms with E-state index in [4.69, 9.17) is 5.11 Å². The van der Waals surface area contributed by atoms with Crippen LogP contribution in [0.2, 0.25) is 0 Å². The normalized spacial score (nSPS) is 23.2. The van der Waals surface area contributed by atoms with Gasteiger partial charge in [-0.25, -0.2) is 0 Å². The third kappa shape index (κ3) is 1.47. The lowest BCUT2D eigenvalue weighted by atomic mass is 10.3.